The number of carboxylic acids is 1. The molecule has 1 aliphatic heterocycles. The molecule has 2 N–H and O–H groups in total. The number of likely N-dealkylation sites (tertiary alicyclic amines) is 1. The normalized spacial score (nSPS) is 20.4. The Bertz CT molecular complexity index is 289. The van der Waals surface area contributed by atoms with E-state index in [1.807, 2.05) is 11.8 Å². The van der Waals surface area contributed by atoms with Gasteiger partial charge in [-0.05, 0) is 38.9 Å². The lowest BCUT2D eigenvalue weighted by molar-refractivity contribution is -0.185. The molecule has 4 nitrogen and oxygen atoms in total. The van der Waals surface area contributed by atoms with Gasteiger partial charge in [-0.2, -0.15) is 13.2 Å². The molecule has 0 aromatic heterocycles. The smallest absolute Gasteiger partial charge is 0.391 e. The van der Waals surface area contributed by atoms with Crippen LogP contribution in [0.4, 0.5) is 13.2 Å². The van der Waals surface area contributed by atoms with E-state index in [0.717, 1.165) is 0 Å². The summed E-state index contributed by atoms with van der Waals surface area (Å²) in [6.07, 6.45) is -3.45. The highest BCUT2D eigenvalue weighted by atomic mass is 19.4. The Hall–Kier alpha value is -0.820. The molecule has 0 spiro atoms. The average Bonchev–Trinajstić information content (AvgIpc) is 2.33. The molecule has 0 bridgehead atoms. The molecule has 1 atom stereocenters. The van der Waals surface area contributed by atoms with E-state index in [1.54, 1.807) is 0 Å². The molecule has 1 heterocycles. The number of aliphatic carboxylic acids is 1. The fourth-order valence-electron chi connectivity index (χ4n) is 2.35. The highest BCUT2D eigenvalue weighted by Gasteiger charge is 2.40. The van der Waals surface area contributed by atoms with Gasteiger partial charge in [0.05, 0.1) is 5.92 Å². The molecule has 7 heteroatoms. The van der Waals surface area contributed by atoms with Crippen molar-refractivity contribution in [1.29, 1.82) is 0 Å². The van der Waals surface area contributed by atoms with Crippen molar-refractivity contribution in [2.24, 2.45) is 5.92 Å². The van der Waals surface area contributed by atoms with E-state index in [-0.39, 0.29) is 12.8 Å². The maximum Gasteiger partial charge on any atom is 0.391 e. The van der Waals surface area contributed by atoms with Crippen LogP contribution in [0.5, 0.6) is 0 Å². The van der Waals surface area contributed by atoms with Gasteiger partial charge in [0.25, 0.3) is 0 Å². The summed E-state index contributed by atoms with van der Waals surface area (Å²) in [5.74, 6) is -2.11. The van der Waals surface area contributed by atoms with E-state index in [4.69, 9.17) is 5.11 Å². The summed E-state index contributed by atoms with van der Waals surface area (Å²) in [6, 6.07) is -0.620. The molecular formula is C12H21F3N2O2. The number of halogens is 3. The molecule has 1 aliphatic rings. The Balaban J connectivity index is 2.31. The average molecular weight is 282 g/mol. The molecule has 1 fully saturated rings. The predicted octanol–water partition coefficient (Wildman–Crippen LogP) is 1.71. The van der Waals surface area contributed by atoms with Gasteiger partial charge in [0.2, 0.25) is 0 Å². The number of alkyl halides is 3. The topological polar surface area (TPSA) is 52.6 Å². The minimum Gasteiger partial charge on any atom is -0.480 e. The Labute approximate surface area is 111 Å². The van der Waals surface area contributed by atoms with E-state index < -0.39 is 24.1 Å². The highest BCUT2D eigenvalue weighted by Crippen LogP contribution is 2.34. The molecule has 112 valence electrons. The van der Waals surface area contributed by atoms with Crippen LogP contribution in [-0.2, 0) is 4.79 Å². The van der Waals surface area contributed by atoms with Crippen LogP contribution in [0.1, 0.15) is 26.2 Å². The van der Waals surface area contributed by atoms with E-state index in [2.05, 4.69) is 5.32 Å². The Kier molecular flexibility index (Phi) is 6.06. The van der Waals surface area contributed by atoms with Crippen LogP contribution < -0.4 is 5.32 Å². The fraction of sp³-hybridized carbons (Fsp3) is 0.917. The van der Waals surface area contributed by atoms with E-state index >= 15 is 0 Å². The van der Waals surface area contributed by atoms with Crippen molar-refractivity contribution in [3.63, 3.8) is 0 Å². The first-order valence-electron chi connectivity index (χ1n) is 6.59. The van der Waals surface area contributed by atoms with Crippen LogP contribution >= 0.6 is 0 Å². The number of carbonyl (C=O) groups is 1. The Morgan fingerprint density at radius 2 is 2.00 bits per heavy atom. The number of likely N-dealkylation sites (N-methyl/N-ethyl adjacent to an activating group) is 1. The second-order valence-electron chi connectivity index (χ2n) is 4.89. The van der Waals surface area contributed by atoms with Gasteiger partial charge in [-0.15, -0.1) is 0 Å². The third kappa shape index (κ3) is 5.36. The van der Waals surface area contributed by atoms with Crippen LogP contribution in [0.3, 0.4) is 0 Å². The van der Waals surface area contributed by atoms with Crippen molar-refractivity contribution in [3.8, 4) is 0 Å². The van der Waals surface area contributed by atoms with Crippen molar-refractivity contribution >= 4 is 5.97 Å². The van der Waals surface area contributed by atoms with Gasteiger partial charge in [-0.1, -0.05) is 6.92 Å². The first-order chi connectivity index (χ1) is 8.84. The zero-order chi connectivity index (χ0) is 14.5. The molecule has 1 rings (SSSR count). The minimum atomic E-state index is -4.10. The molecule has 0 saturated carbocycles. The van der Waals surface area contributed by atoms with E-state index in [0.29, 0.717) is 32.6 Å². The zero-order valence-electron chi connectivity index (χ0n) is 11.0. The third-order valence-corrected chi connectivity index (χ3v) is 3.53. The molecule has 0 aromatic rings. The van der Waals surface area contributed by atoms with Crippen molar-refractivity contribution < 1.29 is 23.1 Å². The van der Waals surface area contributed by atoms with Crippen LogP contribution in [0.25, 0.3) is 0 Å². The largest absolute Gasteiger partial charge is 0.480 e. The molecule has 0 aromatic carbocycles. The maximum atomic E-state index is 12.5. The van der Waals surface area contributed by atoms with Gasteiger partial charge < -0.3 is 15.3 Å². The van der Waals surface area contributed by atoms with E-state index in [9.17, 15) is 18.0 Å². The summed E-state index contributed by atoms with van der Waals surface area (Å²) in [5, 5.41) is 11.8. The van der Waals surface area contributed by atoms with Crippen LogP contribution in [0, 0.1) is 5.92 Å². The number of nitrogens with one attached hydrogen (secondary N) is 1. The molecule has 1 unspecified atom stereocenters. The molecule has 0 amide bonds. The second-order valence-corrected chi connectivity index (χ2v) is 4.89. The van der Waals surface area contributed by atoms with Crippen LogP contribution in [-0.4, -0.2) is 54.4 Å². The SMILES string of the molecule is CCNC(CCN1CCC(C(F)(F)F)CC1)C(=O)O. The number of piperidine rings is 1. The van der Waals surface area contributed by atoms with Crippen LogP contribution in [0.2, 0.25) is 0 Å². The van der Waals surface area contributed by atoms with Gasteiger partial charge in [-0.25, -0.2) is 0 Å². The number of nitrogens with zero attached hydrogens (tertiary/aromatic N) is 1. The standard InChI is InChI=1S/C12H21F3N2O2/c1-2-16-10(11(18)19)5-8-17-6-3-9(4-7-17)12(13,14)15/h9-10,16H,2-8H2,1H3,(H,18,19). The lowest BCUT2D eigenvalue weighted by Gasteiger charge is -2.33. The van der Waals surface area contributed by atoms with Crippen molar-refractivity contribution in [2.75, 3.05) is 26.2 Å². The first-order valence-corrected chi connectivity index (χ1v) is 6.59. The number of rotatable bonds is 6. The summed E-state index contributed by atoms with van der Waals surface area (Å²) in [7, 11) is 0. The number of hydrogen-bond acceptors (Lipinski definition) is 3. The van der Waals surface area contributed by atoms with Gasteiger partial charge in [0, 0.05) is 6.54 Å². The second kappa shape index (κ2) is 7.09. The first kappa shape index (κ1) is 16.2. The number of hydrogen-bond donors (Lipinski definition) is 2. The number of carboxylic acid groups (broad SMARTS) is 1. The highest BCUT2D eigenvalue weighted by molar-refractivity contribution is 5.73. The summed E-state index contributed by atoms with van der Waals surface area (Å²) >= 11 is 0. The maximum absolute atomic E-state index is 12.5. The van der Waals surface area contributed by atoms with Gasteiger partial charge in [-0.3, -0.25) is 4.79 Å². The third-order valence-electron chi connectivity index (χ3n) is 3.53. The van der Waals surface area contributed by atoms with Crippen molar-refractivity contribution in [3.05, 3.63) is 0 Å². The Morgan fingerprint density at radius 3 is 2.42 bits per heavy atom. The van der Waals surface area contributed by atoms with E-state index in [1.165, 1.54) is 0 Å². The van der Waals surface area contributed by atoms with Crippen LogP contribution in [0.15, 0.2) is 0 Å². The zero-order valence-corrected chi connectivity index (χ0v) is 11.0. The minimum absolute atomic E-state index is 0.114. The summed E-state index contributed by atoms with van der Waals surface area (Å²) in [4.78, 5) is 12.8. The summed E-state index contributed by atoms with van der Waals surface area (Å²) < 4.78 is 37.4. The lowest BCUT2D eigenvalue weighted by atomic mass is 9.96. The van der Waals surface area contributed by atoms with Gasteiger partial charge >= 0.3 is 12.1 Å². The molecule has 1 saturated heterocycles. The fourth-order valence-corrected chi connectivity index (χ4v) is 2.35. The predicted molar refractivity (Wildman–Crippen MR) is 64.9 cm³/mol. The quantitative estimate of drug-likeness (QED) is 0.779. The van der Waals surface area contributed by atoms with Crippen molar-refractivity contribution in [2.45, 2.75) is 38.4 Å². The van der Waals surface area contributed by atoms with Gasteiger partial charge in [0.1, 0.15) is 6.04 Å². The molecule has 19 heavy (non-hydrogen) atoms. The summed E-state index contributed by atoms with van der Waals surface area (Å²) in [6.45, 7) is 3.69. The summed E-state index contributed by atoms with van der Waals surface area (Å²) in [5.41, 5.74) is 0. The van der Waals surface area contributed by atoms with Gasteiger partial charge in [0.15, 0.2) is 0 Å². The lowest BCUT2D eigenvalue weighted by Crippen LogP contribution is -2.43. The molecule has 0 aliphatic carbocycles. The Morgan fingerprint density at radius 1 is 1.42 bits per heavy atom. The molecule has 0 radical (unpaired) electrons. The van der Waals surface area contributed by atoms with Crippen molar-refractivity contribution in [1.82, 2.24) is 10.2 Å². The molecular weight excluding hydrogens is 261 g/mol. The monoisotopic (exact) mass is 282 g/mol.